The molecular formula is C19H19FN2O. The highest BCUT2D eigenvalue weighted by atomic mass is 19.1. The van der Waals surface area contributed by atoms with Crippen molar-refractivity contribution in [3.05, 3.63) is 89.1 Å². The Labute approximate surface area is 135 Å². The van der Waals surface area contributed by atoms with Gasteiger partial charge in [-0.2, -0.15) is 0 Å². The van der Waals surface area contributed by atoms with Gasteiger partial charge >= 0.3 is 0 Å². The molecule has 0 aliphatic rings. The van der Waals surface area contributed by atoms with Gasteiger partial charge < -0.3 is 4.52 Å². The molecule has 0 amide bonds. The first kappa shape index (κ1) is 15.4. The molecule has 3 nitrogen and oxygen atoms in total. The largest absolute Gasteiger partial charge is 0.360 e. The summed E-state index contributed by atoms with van der Waals surface area (Å²) in [4.78, 5) is 2.17. The maximum absolute atomic E-state index is 13.3. The summed E-state index contributed by atoms with van der Waals surface area (Å²) in [6, 6.07) is 18.8. The summed E-state index contributed by atoms with van der Waals surface area (Å²) in [6.45, 7) is 2.53. The average Bonchev–Trinajstić information content (AvgIpc) is 2.95. The Morgan fingerprint density at radius 3 is 2.30 bits per heavy atom. The van der Waals surface area contributed by atoms with Crippen molar-refractivity contribution in [1.82, 2.24) is 10.1 Å². The van der Waals surface area contributed by atoms with E-state index in [0.717, 1.165) is 22.6 Å². The van der Waals surface area contributed by atoms with Crippen LogP contribution in [0.1, 0.15) is 28.6 Å². The van der Waals surface area contributed by atoms with E-state index in [0.29, 0.717) is 6.54 Å². The minimum atomic E-state index is -0.228. The molecule has 3 aromatic rings. The molecule has 0 aliphatic carbocycles. The normalized spacial score (nSPS) is 12.5. The molecule has 2 aromatic carbocycles. The molecule has 1 heterocycles. The van der Waals surface area contributed by atoms with Crippen LogP contribution >= 0.6 is 0 Å². The molecule has 4 heteroatoms. The van der Waals surface area contributed by atoms with Crippen LogP contribution in [0.4, 0.5) is 4.39 Å². The third kappa shape index (κ3) is 3.66. The molecule has 0 saturated carbocycles. The van der Waals surface area contributed by atoms with Crippen molar-refractivity contribution in [2.24, 2.45) is 0 Å². The van der Waals surface area contributed by atoms with Crippen LogP contribution < -0.4 is 0 Å². The number of nitrogens with zero attached hydrogens (tertiary/aromatic N) is 2. The molecule has 0 spiro atoms. The van der Waals surface area contributed by atoms with E-state index >= 15 is 0 Å². The third-order valence-corrected chi connectivity index (χ3v) is 3.82. The van der Waals surface area contributed by atoms with Crippen LogP contribution in [0, 0.1) is 12.7 Å². The van der Waals surface area contributed by atoms with Crippen LogP contribution in [-0.2, 0) is 6.54 Å². The summed E-state index contributed by atoms with van der Waals surface area (Å²) >= 11 is 0. The molecule has 3 rings (SSSR count). The fraction of sp³-hybridized carbons (Fsp3) is 0.211. The second kappa shape index (κ2) is 6.75. The highest BCUT2D eigenvalue weighted by Crippen LogP contribution is 2.29. The number of rotatable bonds is 5. The van der Waals surface area contributed by atoms with Crippen molar-refractivity contribution in [2.75, 3.05) is 7.05 Å². The first-order valence-corrected chi connectivity index (χ1v) is 7.56. The monoisotopic (exact) mass is 310 g/mol. The fourth-order valence-electron chi connectivity index (χ4n) is 2.81. The summed E-state index contributed by atoms with van der Waals surface area (Å²) in [5.41, 5.74) is 3.06. The van der Waals surface area contributed by atoms with Crippen LogP contribution in [0.25, 0.3) is 0 Å². The van der Waals surface area contributed by atoms with Gasteiger partial charge in [0.1, 0.15) is 5.82 Å². The Bertz CT molecular complexity index is 753. The van der Waals surface area contributed by atoms with Gasteiger partial charge in [-0.3, -0.25) is 4.90 Å². The van der Waals surface area contributed by atoms with Gasteiger partial charge in [0.2, 0.25) is 0 Å². The van der Waals surface area contributed by atoms with Gasteiger partial charge in [-0.25, -0.2) is 4.39 Å². The van der Waals surface area contributed by atoms with E-state index in [9.17, 15) is 4.39 Å². The van der Waals surface area contributed by atoms with Gasteiger partial charge in [0.05, 0.1) is 18.3 Å². The molecule has 0 fully saturated rings. The van der Waals surface area contributed by atoms with E-state index < -0.39 is 0 Å². The van der Waals surface area contributed by atoms with E-state index in [2.05, 4.69) is 22.2 Å². The second-order valence-electron chi connectivity index (χ2n) is 5.71. The van der Waals surface area contributed by atoms with Crippen LogP contribution in [0.15, 0.2) is 65.2 Å². The number of hydrogen-bond acceptors (Lipinski definition) is 3. The van der Waals surface area contributed by atoms with Crippen molar-refractivity contribution >= 4 is 0 Å². The molecule has 0 aliphatic heterocycles. The molecule has 0 saturated heterocycles. The number of aryl methyl sites for hydroxylation is 1. The zero-order chi connectivity index (χ0) is 16.2. The lowest BCUT2D eigenvalue weighted by Gasteiger charge is -2.28. The number of halogens is 1. The minimum Gasteiger partial charge on any atom is -0.360 e. The van der Waals surface area contributed by atoms with Crippen molar-refractivity contribution in [2.45, 2.75) is 19.5 Å². The number of hydrogen-bond donors (Lipinski definition) is 0. The molecule has 0 radical (unpaired) electrons. The predicted octanol–water partition coefficient (Wildman–Crippen LogP) is 4.34. The smallest absolute Gasteiger partial charge is 0.150 e. The highest BCUT2D eigenvalue weighted by molar-refractivity contribution is 5.32. The molecule has 1 atom stereocenters. The third-order valence-electron chi connectivity index (χ3n) is 3.82. The Hall–Kier alpha value is -2.46. The van der Waals surface area contributed by atoms with Crippen LogP contribution in [0.3, 0.4) is 0 Å². The number of benzene rings is 2. The summed E-state index contributed by atoms with van der Waals surface area (Å²) in [5.74, 6) is 0.585. The molecular weight excluding hydrogens is 291 g/mol. The van der Waals surface area contributed by atoms with Gasteiger partial charge in [-0.15, -0.1) is 0 Å². The molecule has 23 heavy (non-hydrogen) atoms. The maximum Gasteiger partial charge on any atom is 0.150 e. The standard InChI is InChI=1S/C19H19FN2O/c1-14-12-18(23-21-14)13-22(2)19(15-6-4-3-5-7-15)16-8-10-17(20)11-9-16/h3-12,19H,13H2,1-2H3. The average molecular weight is 310 g/mol. The van der Waals surface area contributed by atoms with Crippen LogP contribution in [-0.4, -0.2) is 17.1 Å². The van der Waals surface area contributed by atoms with Gasteiger partial charge in [-0.05, 0) is 37.2 Å². The van der Waals surface area contributed by atoms with Gasteiger partial charge in [0.15, 0.2) is 5.76 Å². The first-order valence-electron chi connectivity index (χ1n) is 7.56. The van der Waals surface area contributed by atoms with E-state index in [-0.39, 0.29) is 11.9 Å². The van der Waals surface area contributed by atoms with E-state index in [1.807, 2.05) is 50.4 Å². The Balaban J connectivity index is 1.92. The summed E-state index contributed by atoms with van der Waals surface area (Å²) in [6.07, 6.45) is 0. The lowest BCUT2D eigenvalue weighted by Crippen LogP contribution is -2.25. The Kier molecular flexibility index (Phi) is 4.53. The molecule has 1 unspecified atom stereocenters. The topological polar surface area (TPSA) is 29.3 Å². The SMILES string of the molecule is Cc1cc(CN(C)C(c2ccccc2)c2ccc(F)cc2)on1. The molecule has 1 aromatic heterocycles. The molecule has 118 valence electrons. The lowest BCUT2D eigenvalue weighted by atomic mass is 9.97. The Morgan fingerprint density at radius 2 is 1.70 bits per heavy atom. The molecule has 0 bridgehead atoms. The van der Waals surface area contributed by atoms with Gasteiger partial charge in [0.25, 0.3) is 0 Å². The number of aromatic nitrogens is 1. The second-order valence-corrected chi connectivity index (χ2v) is 5.71. The lowest BCUT2D eigenvalue weighted by molar-refractivity contribution is 0.233. The zero-order valence-corrected chi connectivity index (χ0v) is 13.2. The summed E-state index contributed by atoms with van der Waals surface area (Å²) < 4.78 is 18.6. The highest BCUT2D eigenvalue weighted by Gasteiger charge is 2.20. The minimum absolute atomic E-state index is 0.0159. The predicted molar refractivity (Wildman–Crippen MR) is 87.4 cm³/mol. The zero-order valence-electron chi connectivity index (χ0n) is 13.2. The maximum atomic E-state index is 13.3. The van der Waals surface area contributed by atoms with E-state index in [1.54, 1.807) is 0 Å². The van der Waals surface area contributed by atoms with Gasteiger partial charge in [0, 0.05) is 6.07 Å². The van der Waals surface area contributed by atoms with Crippen molar-refractivity contribution in [1.29, 1.82) is 0 Å². The van der Waals surface area contributed by atoms with Crippen molar-refractivity contribution in [3.63, 3.8) is 0 Å². The Morgan fingerprint density at radius 1 is 1.04 bits per heavy atom. The van der Waals surface area contributed by atoms with Gasteiger partial charge in [-0.1, -0.05) is 47.6 Å². The van der Waals surface area contributed by atoms with Crippen molar-refractivity contribution in [3.8, 4) is 0 Å². The van der Waals surface area contributed by atoms with Crippen molar-refractivity contribution < 1.29 is 8.91 Å². The quantitative estimate of drug-likeness (QED) is 0.702. The first-order chi connectivity index (χ1) is 11.1. The fourth-order valence-corrected chi connectivity index (χ4v) is 2.81. The summed E-state index contributed by atoms with van der Waals surface area (Å²) in [7, 11) is 2.03. The van der Waals surface area contributed by atoms with Crippen LogP contribution in [0.2, 0.25) is 0 Å². The molecule has 0 N–H and O–H groups in total. The summed E-state index contributed by atoms with van der Waals surface area (Å²) in [5, 5.41) is 3.93. The van der Waals surface area contributed by atoms with E-state index in [4.69, 9.17) is 4.52 Å². The van der Waals surface area contributed by atoms with E-state index in [1.165, 1.54) is 12.1 Å². The van der Waals surface area contributed by atoms with Crippen LogP contribution in [0.5, 0.6) is 0 Å².